The zero-order chi connectivity index (χ0) is 20.2. The summed E-state index contributed by atoms with van der Waals surface area (Å²) in [4.78, 5) is 18.2. The van der Waals surface area contributed by atoms with Gasteiger partial charge in [-0.15, -0.1) is 11.3 Å². The minimum Gasteiger partial charge on any atom is -0.378 e. The van der Waals surface area contributed by atoms with Gasteiger partial charge in [-0.1, -0.05) is 17.7 Å². The second-order valence-electron chi connectivity index (χ2n) is 6.76. The molecule has 1 aliphatic rings. The Morgan fingerprint density at radius 2 is 2.14 bits per heavy atom. The molecule has 0 radical (unpaired) electrons. The average Bonchev–Trinajstić information content (AvgIpc) is 3.25. The van der Waals surface area contributed by atoms with Gasteiger partial charge in [0.05, 0.1) is 5.92 Å². The Morgan fingerprint density at radius 1 is 1.39 bits per heavy atom. The zero-order valence-electron chi connectivity index (χ0n) is 15.0. The van der Waals surface area contributed by atoms with Crippen LogP contribution in [0.5, 0.6) is 5.75 Å². The number of nitrogens with two attached hydrogens (primary N) is 1. The number of hydrogen-bond donors (Lipinski definition) is 1. The van der Waals surface area contributed by atoms with Gasteiger partial charge in [-0.2, -0.15) is 8.42 Å². The van der Waals surface area contributed by atoms with Gasteiger partial charge in [-0.05, 0) is 43.8 Å². The van der Waals surface area contributed by atoms with Crippen molar-refractivity contribution >= 4 is 43.9 Å². The molecule has 1 aromatic carbocycles. The highest BCUT2D eigenvalue weighted by Gasteiger charge is 2.36. The molecule has 4 rings (SSSR count). The Morgan fingerprint density at radius 3 is 2.82 bits per heavy atom. The van der Waals surface area contributed by atoms with Crippen molar-refractivity contribution in [1.29, 1.82) is 0 Å². The monoisotopic (exact) mass is 440 g/mol. The number of fused-ring (bicyclic) bond motifs is 2. The number of thiazole rings is 1. The lowest BCUT2D eigenvalue weighted by Gasteiger charge is -2.20. The number of imidazole rings is 1. The van der Waals surface area contributed by atoms with E-state index in [-0.39, 0.29) is 22.0 Å². The van der Waals surface area contributed by atoms with Gasteiger partial charge in [0.2, 0.25) is 10.9 Å². The van der Waals surface area contributed by atoms with Crippen molar-refractivity contribution in [2.24, 2.45) is 5.73 Å². The fourth-order valence-corrected chi connectivity index (χ4v) is 5.93. The number of carbonyl (C=O) groups excluding carboxylic acids is 1. The van der Waals surface area contributed by atoms with E-state index in [9.17, 15) is 13.2 Å². The van der Waals surface area contributed by atoms with Crippen LogP contribution in [-0.4, -0.2) is 42.7 Å². The Hall–Kier alpha value is -2.14. The maximum absolute atomic E-state index is 12.8. The van der Waals surface area contributed by atoms with Crippen LogP contribution in [0.4, 0.5) is 0 Å². The number of benzene rings is 1. The summed E-state index contributed by atoms with van der Waals surface area (Å²) in [7, 11) is -0.432. The van der Waals surface area contributed by atoms with E-state index < -0.39 is 21.9 Å². The standard InChI is InChI=1S/C17H17ClN4O4S2/c1-21(2)13-8-12(15(19)23)10-4-3-9(7-11(10)13)26-28(24,25)16-14(18)20-17-22(16)5-6-27-17/h3-7,12-13H,8H2,1-2H3,(H2,19,23). The van der Waals surface area contributed by atoms with Crippen LogP contribution in [0.25, 0.3) is 4.96 Å². The SMILES string of the molecule is CN(C)C1CC(C(N)=O)c2ccc(OS(=O)(=O)c3c(Cl)nc4sccn34)cc21. The smallest absolute Gasteiger partial charge is 0.358 e. The van der Waals surface area contributed by atoms with Gasteiger partial charge >= 0.3 is 10.1 Å². The van der Waals surface area contributed by atoms with E-state index in [0.717, 1.165) is 11.1 Å². The van der Waals surface area contributed by atoms with E-state index in [4.69, 9.17) is 21.5 Å². The van der Waals surface area contributed by atoms with E-state index in [1.165, 1.54) is 21.8 Å². The summed E-state index contributed by atoms with van der Waals surface area (Å²) in [6, 6.07) is 4.78. The molecule has 0 bridgehead atoms. The molecule has 2 heterocycles. The zero-order valence-corrected chi connectivity index (χ0v) is 17.4. The van der Waals surface area contributed by atoms with E-state index >= 15 is 0 Å². The third kappa shape index (κ3) is 3.06. The first-order valence-corrected chi connectivity index (χ1v) is 11.0. The first kappa shape index (κ1) is 19.2. The molecule has 3 aromatic rings. The number of aromatic nitrogens is 2. The summed E-state index contributed by atoms with van der Waals surface area (Å²) in [5.74, 6) is -0.683. The normalized spacial score (nSPS) is 19.3. The maximum Gasteiger partial charge on any atom is 0.358 e. The second-order valence-corrected chi connectivity index (χ2v) is 9.45. The minimum absolute atomic E-state index is 0.0686. The van der Waals surface area contributed by atoms with Crippen molar-refractivity contribution in [2.75, 3.05) is 14.1 Å². The van der Waals surface area contributed by atoms with Crippen molar-refractivity contribution in [2.45, 2.75) is 23.4 Å². The Bertz CT molecular complexity index is 1190. The van der Waals surface area contributed by atoms with Gasteiger partial charge in [0, 0.05) is 17.6 Å². The fraction of sp³-hybridized carbons (Fsp3) is 0.294. The summed E-state index contributed by atoms with van der Waals surface area (Å²) in [6.45, 7) is 0. The van der Waals surface area contributed by atoms with E-state index in [0.29, 0.717) is 11.4 Å². The molecule has 0 saturated heterocycles. The number of nitrogens with zero attached hydrogens (tertiary/aromatic N) is 3. The summed E-state index contributed by atoms with van der Waals surface area (Å²) in [5, 5.41) is 1.34. The fourth-order valence-electron chi connectivity index (χ4n) is 3.57. The molecule has 0 saturated carbocycles. The van der Waals surface area contributed by atoms with Crippen LogP contribution in [-0.2, 0) is 14.9 Å². The van der Waals surface area contributed by atoms with E-state index in [1.807, 2.05) is 19.0 Å². The molecular formula is C17H17ClN4O4S2. The van der Waals surface area contributed by atoms with Crippen LogP contribution in [0, 0.1) is 0 Å². The molecular weight excluding hydrogens is 424 g/mol. The Balaban J connectivity index is 1.73. The highest BCUT2D eigenvalue weighted by atomic mass is 35.5. The molecule has 2 N–H and O–H groups in total. The molecule has 28 heavy (non-hydrogen) atoms. The topological polar surface area (TPSA) is 107 Å². The number of primary amides is 1. The molecule has 0 aliphatic heterocycles. The van der Waals surface area contributed by atoms with Crippen molar-refractivity contribution < 1.29 is 17.4 Å². The van der Waals surface area contributed by atoms with Crippen LogP contribution < -0.4 is 9.92 Å². The first-order valence-electron chi connectivity index (χ1n) is 8.34. The highest BCUT2D eigenvalue weighted by molar-refractivity contribution is 7.87. The number of carbonyl (C=O) groups is 1. The van der Waals surface area contributed by atoms with Crippen LogP contribution in [0.3, 0.4) is 0 Å². The van der Waals surface area contributed by atoms with Gasteiger partial charge in [-0.25, -0.2) is 4.98 Å². The second kappa shape index (κ2) is 6.73. The molecule has 8 nitrogen and oxygen atoms in total. The van der Waals surface area contributed by atoms with Gasteiger partial charge in [0.1, 0.15) is 5.75 Å². The predicted octanol–water partition coefficient (Wildman–Crippen LogP) is 2.39. The van der Waals surface area contributed by atoms with Gasteiger partial charge in [0.25, 0.3) is 0 Å². The number of halogens is 1. The summed E-state index contributed by atoms with van der Waals surface area (Å²) < 4.78 is 32.4. The third-order valence-electron chi connectivity index (χ3n) is 4.84. The maximum atomic E-state index is 12.8. The Labute approximate surface area is 170 Å². The van der Waals surface area contributed by atoms with Gasteiger partial charge in [0.15, 0.2) is 10.1 Å². The van der Waals surface area contributed by atoms with E-state index in [2.05, 4.69) is 4.98 Å². The largest absolute Gasteiger partial charge is 0.378 e. The molecule has 2 aromatic heterocycles. The molecule has 2 atom stereocenters. The molecule has 11 heteroatoms. The molecule has 2 unspecified atom stereocenters. The summed E-state index contributed by atoms with van der Waals surface area (Å²) >= 11 is 7.30. The van der Waals surface area contributed by atoms with Crippen LogP contribution in [0.1, 0.15) is 29.5 Å². The molecule has 0 fully saturated rings. The lowest BCUT2D eigenvalue weighted by atomic mass is 10.0. The lowest BCUT2D eigenvalue weighted by molar-refractivity contribution is -0.119. The Kier molecular flexibility index (Phi) is 4.61. The van der Waals surface area contributed by atoms with Gasteiger partial charge in [-0.3, -0.25) is 9.20 Å². The summed E-state index contributed by atoms with van der Waals surface area (Å²) in [6.07, 6.45) is 2.11. The average molecular weight is 441 g/mol. The van der Waals surface area contributed by atoms with Crippen LogP contribution in [0.2, 0.25) is 5.15 Å². The highest BCUT2D eigenvalue weighted by Crippen LogP contribution is 2.44. The predicted molar refractivity (Wildman–Crippen MR) is 105 cm³/mol. The first-order chi connectivity index (χ1) is 13.2. The van der Waals surface area contributed by atoms with Crippen molar-refractivity contribution in [3.8, 4) is 5.75 Å². The van der Waals surface area contributed by atoms with Crippen LogP contribution in [0.15, 0.2) is 34.8 Å². The quantitative estimate of drug-likeness (QED) is 0.610. The number of rotatable bonds is 5. The minimum atomic E-state index is -4.21. The molecule has 148 valence electrons. The lowest BCUT2D eigenvalue weighted by Crippen LogP contribution is -2.21. The number of hydrogen-bond acceptors (Lipinski definition) is 7. The molecule has 1 aliphatic carbocycles. The molecule has 0 spiro atoms. The van der Waals surface area contributed by atoms with E-state index in [1.54, 1.807) is 23.7 Å². The number of amides is 1. The van der Waals surface area contributed by atoms with Crippen molar-refractivity contribution in [3.63, 3.8) is 0 Å². The van der Waals surface area contributed by atoms with Crippen molar-refractivity contribution in [3.05, 3.63) is 46.1 Å². The third-order valence-corrected chi connectivity index (χ3v) is 7.25. The van der Waals surface area contributed by atoms with Gasteiger partial charge < -0.3 is 14.8 Å². The van der Waals surface area contributed by atoms with Crippen molar-refractivity contribution in [1.82, 2.24) is 14.3 Å². The van der Waals surface area contributed by atoms with Crippen LogP contribution >= 0.6 is 22.9 Å². The summed E-state index contributed by atoms with van der Waals surface area (Å²) in [5.41, 5.74) is 7.14. The molecule has 1 amide bonds.